The number of sulfonamides is 1. The first-order chi connectivity index (χ1) is 11.7. The van der Waals surface area contributed by atoms with Crippen LogP contribution in [0.25, 0.3) is 0 Å². The predicted octanol–water partition coefficient (Wildman–Crippen LogP) is 2.64. The molecule has 3 N–H and O–H groups in total. The van der Waals surface area contributed by atoms with Gasteiger partial charge in [-0.3, -0.25) is 0 Å². The third-order valence-electron chi connectivity index (χ3n) is 4.47. The average molecular weight is 405 g/mol. The van der Waals surface area contributed by atoms with Crippen molar-refractivity contribution in [2.45, 2.75) is 49.6 Å². The van der Waals surface area contributed by atoms with Crippen LogP contribution in [0.3, 0.4) is 0 Å². The first kappa shape index (κ1) is 20.8. The summed E-state index contributed by atoms with van der Waals surface area (Å²) < 4.78 is 46.7. The van der Waals surface area contributed by atoms with Gasteiger partial charge in [-0.05, 0) is 37.3 Å². The summed E-state index contributed by atoms with van der Waals surface area (Å²) in [7, 11) is -4.09. The van der Waals surface area contributed by atoms with Gasteiger partial charge in [0, 0.05) is 0 Å². The average Bonchev–Trinajstić information content (AvgIpc) is 3.00. The number of nitrogens with two attached hydrogens (primary N) is 1. The normalized spacial score (nSPS) is 17.4. The first-order valence-corrected chi connectivity index (χ1v) is 9.61. The summed E-state index contributed by atoms with van der Waals surface area (Å²) >= 11 is 0. The van der Waals surface area contributed by atoms with Crippen LogP contribution in [0.2, 0.25) is 0 Å². The highest BCUT2D eigenvalue weighted by atomic mass is 35.5. The van der Waals surface area contributed by atoms with Gasteiger partial charge in [0.05, 0.1) is 5.54 Å². The quantitative estimate of drug-likeness (QED) is 0.765. The van der Waals surface area contributed by atoms with E-state index in [2.05, 4.69) is 14.9 Å². The summed E-state index contributed by atoms with van der Waals surface area (Å²) in [6.07, 6.45) is 2.52. The molecule has 10 heteroatoms. The van der Waals surface area contributed by atoms with Crippen LogP contribution in [0.5, 0.6) is 0 Å². The minimum Gasteiger partial charge on any atom is -0.337 e. The molecule has 26 heavy (non-hydrogen) atoms. The van der Waals surface area contributed by atoms with E-state index in [-0.39, 0.29) is 24.2 Å². The largest absolute Gasteiger partial charge is 0.337 e. The number of aromatic nitrogens is 2. The molecule has 0 aliphatic heterocycles. The third-order valence-corrected chi connectivity index (χ3v) is 5.95. The van der Waals surface area contributed by atoms with Gasteiger partial charge in [-0.1, -0.05) is 31.1 Å². The molecule has 1 aliphatic carbocycles. The Kier molecular flexibility index (Phi) is 6.06. The maximum atomic E-state index is 13.9. The summed E-state index contributed by atoms with van der Waals surface area (Å²) in [4.78, 5) is 3.88. The van der Waals surface area contributed by atoms with Gasteiger partial charge in [0.2, 0.25) is 15.9 Å². The second kappa shape index (κ2) is 7.59. The summed E-state index contributed by atoms with van der Waals surface area (Å²) in [5.41, 5.74) is 5.58. The fourth-order valence-corrected chi connectivity index (χ4v) is 4.13. The van der Waals surface area contributed by atoms with Crippen molar-refractivity contribution < 1.29 is 17.3 Å². The molecule has 2 aromatic rings. The molecule has 1 saturated carbocycles. The highest BCUT2D eigenvalue weighted by molar-refractivity contribution is 7.89. The number of benzene rings is 1. The molecule has 1 aromatic carbocycles. The van der Waals surface area contributed by atoms with Gasteiger partial charge in [0.15, 0.2) is 5.82 Å². The summed E-state index contributed by atoms with van der Waals surface area (Å²) in [5, 5.41) is 3.91. The summed E-state index contributed by atoms with van der Waals surface area (Å²) in [6.45, 7) is 3.61. The third kappa shape index (κ3) is 3.90. The van der Waals surface area contributed by atoms with Crippen LogP contribution in [0.1, 0.15) is 50.9 Å². The Morgan fingerprint density at radius 3 is 2.50 bits per heavy atom. The number of hydrogen-bond acceptors (Lipinski definition) is 6. The number of hydrogen-bond donors (Lipinski definition) is 2. The second-order valence-electron chi connectivity index (χ2n) is 6.74. The standard InChI is InChI=1S/C16H21FN4O3S.ClH/c1-10(2)13(14-19-15(20-24-14)16(18)8-5-9-16)21-25(22,23)12-7-4-3-6-11(12)17;/h3-4,6-7,10,13,21H,5,8-9,18H2,1-2H3;1H. The van der Waals surface area contributed by atoms with E-state index in [1.54, 1.807) is 13.8 Å². The van der Waals surface area contributed by atoms with Crippen LogP contribution in [0, 0.1) is 11.7 Å². The Labute approximate surface area is 158 Å². The molecule has 0 bridgehead atoms. The topological polar surface area (TPSA) is 111 Å². The maximum Gasteiger partial charge on any atom is 0.245 e. The molecule has 0 amide bonds. The number of nitrogens with zero attached hydrogens (tertiary/aromatic N) is 2. The van der Waals surface area contributed by atoms with E-state index in [1.165, 1.54) is 18.2 Å². The molecule has 1 aromatic heterocycles. The Hall–Kier alpha value is -1.55. The lowest BCUT2D eigenvalue weighted by molar-refractivity contribution is 0.227. The summed E-state index contributed by atoms with van der Waals surface area (Å²) in [6, 6.07) is 4.41. The smallest absolute Gasteiger partial charge is 0.245 e. The Balaban J connectivity index is 0.00000243. The monoisotopic (exact) mass is 404 g/mol. The molecule has 144 valence electrons. The predicted molar refractivity (Wildman–Crippen MR) is 95.6 cm³/mol. The lowest BCUT2D eigenvalue weighted by atomic mass is 9.77. The van der Waals surface area contributed by atoms with Gasteiger partial charge < -0.3 is 10.3 Å². The van der Waals surface area contributed by atoms with Crippen molar-refractivity contribution in [1.29, 1.82) is 0 Å². The van der Waals surface area contributed by atoms with Crippen molar-refractivity contribution in [3.05, 3.63) is 41.8 Å². The van der Waals surface area contributed by atoms with Crippen molar-refractivity contribution in [2.75, 3.05) is 0 Å². The van der Waals surface area contributed by atoms with E-state index in [1.807, 2.05) is 0 Å². The molecule has 0 radical (unpaired) electrons. The molecule has 1 unspecified atom stereocenters. The number of halogens is 2. The van der Waals surface area contributed by atoms with Gasteiger partial charge in [-0.25, -0.2) is 12.8 Å². The first-order valence-electron chi connectivity index (χ1n) is 8.13. The van der Waals surface area contributed by atoms with Crippen molar-refractivity contribution in [3.8, 4) is 0 Å². The molecule has 7 nitrogen and oxygen atoms in total. The highest BCUT2D eigenvalue weighted by Crippen LogP contribution is 2.37. The van der Waals surface area contributed by atoms with Gasteiger partial charge in [0.25, 0.3) is 0 Å². The van der Waals surface area contributed by atoms with Crippen molar-refractivity contribution in [3.63, 3.8) is 0 Å². The Morgan fingerprint density at radius 2 is 1.96 bits per heavy atom. The van der Waals surface area contributed by atoms with Crippen LogP contribution >= 0.6 is 12.4 Å². The lowest BCUT2D eigenvalue weighted by Crippen LogP contribution is -2.44. The van der Waals surface area contributed by atoms with Crippen molar-refractivity contribution >= 4 is 22.4 Å². The van der Waals surface area contributed by atoms with Crippen LogP contribution in [0.15, 0.2) is 33.7 Å². The molecular formula is C16H22ClFN4O3S. The minimum atomic E-state index is -4.09. The second-order valence-corrected chi connectivity index (χ2v) is 8.42. The fraction of sp³-hybridized carbons (Fsp3) is 0.500. The van der Waals surface area contributed by atoms with E-state index in [0.29, 0.717) is 5.82 Å². The maximum absolute atomic E-state index is 13.9. The molecule has 1 heterocycles. The van der Waals surface area contributed by atoms with E-state index >= 15 is 0 Å². The van der Waals surface area contributed by atoms with Crippen LogP contribution in [-0.4, -0.2) is 18.6 Å². The number of nitrogens with one attached hydrogen (secondary N) is 1. The van der Waals surface area contributed by atoms with Gasteiger partial charge in [-0.2, -0.15) is 9.71 Å². The Bertz CT molecular complexity index is 868. The molecule has 1 atom stereocenters. The SMILES string of the molecule is CC(C)C(NS(=O)(=O)c1ccccc1F)c1nc(C2(N)CCC2)no1.Cl. The van der Waals surface area contributed by atoms with E-state index < -0.39 is 32.3 Å². The molecule has 1 fully saturated rings. The highest BCUT2D eigenvalue weighted by Gasteiger charge is 2.40. The van der Waals surface area contributed by atoms with Gasteiger partial charge in [-0.15, -0.1) is 12.4 Å². The van der Waals surface area contributed by atoms with E-state index in [9.17, 15) is 12.8 Å². The van der Waals surface area contributed by atoms with E-state index in [4.69, 9.17) is 10.3 Å². The minimum absolute atomic E-state index is 0. The molecule has 0 spiro atoms. The fourth-order valence-electron chi connectivity index (χ4n) is 2.71. The number of rotatable bonds is 6. The van der Waals surface area contributed by atoms with Gasteiger partial charge in [0.1, 0.15) is 16.8 Å². The molecule has 3 rings (SSSR count). The zero-order chi connectivity index (χ0) is 18.2. The van der Waals surface area contributed by atoms with Crippen molar-refractivity contribution in [2.24, 2.45) is 11.7 Å². The van der Waals surface area contributed by atoms with Crippen LogP contribution < -0.4 is 10.5 Å². The molecule has 0 saturated heterocycles. The zero-order valence-corrected chi connectivity index (χ0v) is 16.1. The van der Waals surface area contributed by atoms with Crippen LogP contribution in [0.4, 0.5) is 4.39 Å². The van der Waals surface area contributed by atoms with E-state index in [0.717, 1.165) is 25.3 Å². The van der Waals surface area contributed by atoms with Gasteiger partial charge >= 0.3 is 0 Å². The lowest BCUT2D eigenvalue weighted by Gasteiger charge is -2.34. The molecule has 1 aliphatic rings. The zero-order valence-electron chi connectivity index (χ0n) is 14.5. The van der Waals surface area contributed by atoms with Crippen molar-refractivity contribution in [1.82, 2.24) is 14.9 Å². The van der Waals surface area contributed by atoms with Crippen LogP contribution in [-0.2, 0) is 15.6 Å². The summed E-state index contributed by atoms with van der Waals surface area (Å²) in [5.74, 6) is -0.504. The molecular weight excluding hydrogens is 383 g/mol. The Morgan fingerprint density at radius 1 is 1.31 bits per heavy atom.